The van der Waals surface area contributed by atoms with Crippen LogP contribution >= 0.6 is 0 Å². The first-order valence-electron chi connectivity index (χ1n) is 7.37. The molecule has 3 saturated heterocycles. The SMILES string of the molecule is CC(NC1CN2CCC1CC2)c1ccccc1[N+](=O)[O-]. The molecule has 1 aromatic rings. The second-order valence-corrected chi connectivity index (χ2v) is 5.95. The fourth-order valence-electron chi connectivity index (χ4n) is 3.58. The number of fused-ring (bicyclic) bond motifs is 3. The lowest BCUT2D eigenvalue weighted by atomic mass is 9.83. The van der Waals surface area contributed by atoms with Crippen molar-refractivity contribution in [3.05, 3.63) is 39.9 Å². The Morgan fingerprint density at radius 1 is 1.35 bits per heavy atom. The van der Waals surface area contributed by atoms with Crippen LogP contribution in [0.4, 0.5) is 5.69 Å². The highest BCUT2D eigenvalue weighted by Crippen LogP contribution is 2.31. The van der Waals surface area contributed by atoms with Gasteiger partial charge in [-0.3, -0.25) is 10.1 Å². The van der Waals surface area contributed by atoms with E-state index in [4.69, 9.17) is 0 Å². The summed E-state index contributed by atoms with van der Waals surface area (Å²) in [7, 11) is 0. The van der Waals surface area contributed by atoms with Crippen LogP contribution in [0.15, 0.2) is 24.3 Å². The van der Waals surface area contributed by atoms with E-state index in [9.17, 15) is 10.1 Å². The molecule has 5 nitrogen and oxygen atoms in total. The number of para-hydroxylation sites is 1. The third-order valence-corrected chi connectivity index (χ3v) is 4.72. The third-order valence-electron chi connectivity index (χ3n) is 4.72. The van der Waals surface area contributed by atoms with Crippen molar-refractivity contribution in [3.8, 4) is 0 Å². The number of nitro benzene ring substituents is 1. The quantitative estimate of drug-likeness (QED) is 0.677. The summed E-state index contributed by atoms with van der Waals surface area (Å²) < 4.78 is 0. The van der Waals surface area contributed by atoms with E-state index < -0.39 is 0 Å². The maximum Gasteiger partial charge on any atom is 0.274 e. The minimum atomic E-state index is -0.288. The Bertz CT molecular complexity index is 498. The highest BCUT2D eigenvalue weighted by atomic mass is 16.6. The van der Waals surface area contributed by atoms with Crippen LogP contribution in [0, 0.1) is 16.0 Å². The van der Waals surface area contributed by atoms with Crippen LogP contribution < -0.4 is 5.32 Å². The molecule has 0 aromatic heterocycles. The zero-order valence-electron chi connectivity index (χ0n) is 11.8. The van der Waals surface area contributed by atoms with Crippen LogP contribution in [0.2, 0.25) is 0 Å². The van der Waals surface area contributed by atoms with E-state index in [0.29, 0.717) is 6.04 Å². The maximum atomic E-state index is 11.1. The van der Waals surface area contributed by atoms with Crippen molar-refractivity contribution in [1.29, 1.82) is 0 Å². The summed E-state index contributed by atoms with van der Waals surface area (Å²) in [4.78, 5) is 13.3. The summed E-state index contributed by atoms with van der Waals surface area (Å²) in [6, 6.07) is 7.52. The van der Waals surface area contributed by atoms with Gasteiger partial charge in [-0.25, -0.2) is 0 Å². The zero-order valence-corrected chi connectivity index (χ0v) is 11.8. The summed E-state index contributed by atoms with van der Waals surface area (Å²) in [5.41, 5.74) is 1.00. The van der Waals surface area contributed by atoms with E-state index in [0.717, 1.165) is 18.0 Å². The number of nitrogens with one attached hydrogen (secondary N) is 1. The minimum absolute atomic E-state index is 0.0159. The molecule has 20 heavy (non-hydrogen) atoms. The number of hydrogen-bond acceptors (Lipinski definition) is 4. The molecule has 4 rings (SSSR count). The standard InChI is InChI=1S/C15H21N3O2/c1-11(13-4-2-3-5-15(13)18(19)20)16-14-10-17-8-6-12(14)7-9-17/h2-5,11-12,14,16H,6-10H2,1H3. The molecule has 2 unspecified atom stereocenters. The molecule has 0 amide bonds. The molecule has 2 atom stereocenters. The van der Waals surface area contributed by atoms with Gasteiger partial charge in [0.15, 0.2) is 0 Å². The molecule has 0 spiro atoms. The predicted octanol–water partition coefficient (Wildman–Crippen LogP) is 2.34. The smallest absolute Gasteiger partial charge is 0.274 e. The van der Waals surface area contributed by atoms with E-state index in [1.807, 2.05) is 19.1 Å². The monoisotopic (exact) mass is 275 g/mol. The Labute approximate surface area is 119 Å². The van der Waals surface area contributed by atoms with Crippen LogP contribution in [-0.4, -0.2) is 35.5 Å². The molecule has 3 aliphatic heterocycles. The van der Waals surface area contributed by atoms with Gasteiger partial charge in [-0.15, -0.1) is 0 Å². The molecule has 0 radical (unpaired) electrons. The molecule has 1 N–H and O–H groups in total. The number of hydrogen-bond donors (Lipinski definition) is 1. The Morgan fingerprint density at radius 3 is 2.65 bits per heavy atom. The van der Waals surface area contributed by atoms with Crippen molar-refractivity contribution in [2.75, 3.05) is 19.6 Å². The summed E-state index contributed by atoms with van der Waals surface area (Å²) in [5, 5.41) is 14.7. The summed E-state index contributed by atoms with van der Waals surface area (Å²) in [5.74, 6) is 0.727. The van der Waals surface area contributed by atoms with Crippen molar-refractivity contribution >= 4 is 5.69 Å². The van der Waals surface area contributed by atoms with E-state index >= 15 is 0 Å². The van der Waals surface area contributed by atoms with E-state index in [1.165, 1.54) is 25.9 Å². The van der Waals surface area contributed by atoms with Gasteiger partial charge in [0.2, 0.25) is 0 Å². The highest BCUT2D eigenvalue weighted by molar-refractivity contribution is 5.41. The number of nitrogens with zero attached hydrogens (tertiary/aromatic N) is 2. The van der Waals surface area contributed by atoms with E-state index in [2.05, 4.69) is 10.2 Å². The third kappa shape index (κ3) is 2.55. The van der Waals surface area contributed by atoms with Crippen molar-refractivity contribution < 1.29 is 4.92 Å². The van der Waals surface area contributed by atoms with Gasteiger partial charge < -0.3 is 10.2 Å². The van der Waals surface area contributed by atoms with Gasteiger partial charge in [-0.2, -0.15) is 0 Å². The van der Waals surface area contributed by atoms with E-state index in [-0.39, 0.29) is 16.7 Å². The summed E-state index contributed by atoms with van der Waals surface area (Å²) in [6.45, 7) is 5.53. The average Bonchev–Trinajstić information content (AvgIpc) is 2.48. The minimum Gasteiger partial charge on any atom is -0.306 e. The lowest BCUT2D eigenvalue weighted by Crippen LogP contribution is -2.56. The van der Waals surface area contributed by atoms with Gasteiger partial charge in [-0.05, 0) is 38.8 Å². The molecule has 108 valence electrons. The largest absolute Gasteiger partial charge is 0.306 e. The first kappa shape index (κ1) is 13.5. The number of nitro groups is 1. The first-order valence-corrected chi connectivity index (χ1v) is 7.37. The van der Waals surface area contributed by atoms with Crippen molar-refractivity contribution in [2.24, 2.45) is 5.92 Å². The van der Waals surface area contributed by atoms with Gasteiger partial charge >= 0.3 is 0 Å². The fraction of sp³-hybridized carbons (Fsp3) is 0.600. The normalized spacial score (nSPS) is 30.1. The highest BCUT2D eigenvalue weighted by Gasteiger charge is 2.35. The van der Waals surface area contributed by atoms with Crippen molar-refractivity contribution in [2.45, 2.75) is 31.8 Å². The summed E-state index contributed by atoms with van der Waals surface area (Å²) >= 11 is 0. The Morgan fingerprint density at radius 2 is 2.05 bits per heavy atom. The van der Waals surface area contributed by atoms with Crippen molar-refractivity contribution in [1.82, 2.24) is 10.2 Å². The molecule has 1 aromatic carbocycles. The average molecular weight is 275 g/mol. The fourth-order valence-corrected chi connectivity index (χ4v) is 3.58. The molecular formula is C15H21N3O2. The van der Waals surface area contributed by atoms with Gasteiger partial charge in [0.05, 0.1) is 4.92 Å². The van der Waals surface area contributed by atoms with E-state index in [1.54, 1.807) is 12.1 Å². The van der Waals surface area contributed by atoms with Crippen LogP contribution in [0.3, 0.4) is 0 Å². The number of benzene rings is 1. The molecule has 3 aliphatic rings. The van der Waals surface area contributed by atoms with Gasteiger partial charge in [0.25, 0.3) is 5.69 Å². The first-order chi connectivity index (χ1) is 9.65. The van der Waals surface area contributed by atoms with Gasteiger partial charge in [-0.1, -0.05) is 18.2 Å². The van der Waals surface area contributed by atoms with Crippen molar-refractivity contribution in [3.63, 3.8) is 0 Å². The lowest BCUT2D eigenvalue weighted by molar-refractivity contribution is -0.385. The molecule has 3 heterocycles. The van der Waals surface area contributed by atoms with Crippen LogP contribution in [-0.2, 0) is 0 Å². The van der Waals surface area contributed by atoms with Crippen LogP contribution in [0.1, 0.15) is 31.4 Å². The van der Waals surface area contributed by atoms with Crippen LogP contribution in [0.25, 0.3) is 0 Å². The summed E-state index contributed by atoms with van der Waals surface area (Å²) in [6.07, 6.45) is 2.50. The second kappa shape index (κ2) is 5.50. The molecule has 5 heteroatoms. The Kier molecular flexibility index (Phi) is 3.72. The molecule has 3 fully saturated rings. The molecular weight excluding hydrogens is 254 g/mol. The second-order valence-electron chi connectivity index (χ2n) is 5.95. The Hall–Kier alpha value is -1.46. The molecule has 0 saturated carbocycles. The Balaban J connectivity index is 1.73. The van der Waals surface area contributed by atoms with Gasteiger partial charge in [0.1, 0.15) is 0 Å². The molecule has 0 aliphatic carbocycles. The number of piperidine rings is 3. The predicted molar refractivity (Wildman–Crippen MR) is 77.6 cm³/mol. The maximum absolute atomic E-state index is 11.1. The lowest BCUT2D eigenvalue weighted by Gasteiger charge is -2.46. The molecule has 2 bridgehead atoms. The van der Waals surface area contributed by atoms with Gasteiger partial charge in [0, 0.05) is 30.3 Å². The number of rotatable bonds is 4. The zero-order chi connectivity index (χ0) is 14.1. The topological polar surface area (TPSA) is 58.4 Å². The van der Waals surface area contributed by atoms with Crippen LogP contribution in [0.5, 0.6) is 0 Å².